The minimum Gasteiger partial charge on any atom is -0.456 e. The van der Waals surface area contributed by atoms with Gasteiger partial charge in [0.05, 0.1) is 12.8 Å². The van der Waals surface area contributed by atoms with E-state index in [2.05, 4.69) is 42.5 Å². The molecule has 4 aliphatic heterocycles. The fraction of sp³-hybridized carbons (Fsp3) is 0.708. The van der Waals surface area contributed by atoms with Gasteiger partial charge in [0, 0.05) is 33.5 Å². The Morgan fingerprint density at radius 1 is 0.472 bits per heavy atom. The zero-order chi connectivity index (χ0) is 53.4. The van der Waals surface area contributed by atoms with E-state index in [0.717, 1.165) is 0 Å². The molecule has 12 atom stereocenters. The van der Waals surface area contributed by atoms with Crippen molar-refractivity contribution in [3.63, 3.8) is 0 Å². The lowest BCUT2D eigenvalue weighted by molar-refractivity contribution is -0.154. The second-order valence-electron chi connectivity index (χ2n) is 19.6. The van der Waals surface area contributed by atoms with Crippen molar-refractivity contribution in [2.45, 2.75) is 166 Å². The molecule has 402 valence electrons. The molecule has 4 heterocycles. The third-order valence-electron chi connectivity index (χ3n) is 12.2. The van der Waals surface area contributed by atoms with Gasteiger partial charge in [-0.2, -0.15) is 23.5 Å². The van der Waals surface area contributed by atoms with Gasteiger partial charge in [-0.3, -0.25) is 38.4 Å². The van der Waals surface area contributed by atoms with Crippen LogP contribution in [0.2, 0.25) is 0 Å². The molecule has 24 heteroatoms. The van der Waals surface area contributed by atoms with E-state index in [-0.39, 0.29) is 46.7 Å². The minimum absolute atomic E-state index is 0.204. The Kier molecular flexibility index (Phi) is 24.1. The Morgan fingerprint density at radius 2 is 0.819 bits per heavy atom. The molecule has 0 spiro atoms. The summed E-state index contributed by atoms with van der Waals surface area (Å²) in [5.41, 5.74) is 0. The topological polar surface area (TPSA) is 285 Å². The highest BCUT2D eigenvalue weighted by molar-refractivity contribution is 8.76. The highest BCUT2D eigenvalue weighted by Crippen LogP contribution is 2.25. The molecule has 0 aromatic heterocycles. The number of hydrogen-bond acceptors (Lipinski definition) is 16. The van der Waals surface area contributed by atoms with Crippen LogP contribution in [0.15, 0.2) is 24.3 Å². The molecule has 0 aromatic rings. The summed E-state index contributed by atoms with van der Waals surface area (Å²) >= 11 is 2.65. The summed E-state index contributed by atoms with van der Waals surface area (Å²) in [5.74, 6) is -5.77. The third-order valence-corrected chi connectivity index (χ3v) is 17.3. The molecule has 0 aliphatic carbocycles. The molecule has 4 rings (SSSR count). The molecule has 8 N–H and O–H groups in total. The van der Waals surface area contributed by atoms with Gasteiger partial charge in [0.15, 0.2) is 0 Å². The number of allylic oxidation sites excluding steroid dienone is 2. The number of hydrogen-bond donors (Lipinski definition) is 8. The number of carbonyl (C=O) groups excluding carboxylic acids is 10. The van der Waals surface area contributed by atoms with Crippen LogP contribution in [0.4, 0.5) is 0 Å². The van der Waals surface area contributed by atoms with Crippen molar-refractivity contribution in [3.05, 3.63) is 24.3 Å². The van der Waals surface area contributed by atoms with Gasteiger partial charge in [0.1, 0.15) is 60.5 Å². The van der Waals surface area contributed by atoms with E-state index in [1.54, 1.807) is 115 Å². The molecule has 4 unspecified atom stereocenters. The van der Waals surface area contributed by atoms with E-state index in [1.807, 2.05) is 0 Å². The number of carbonyl (C=O) groups is 10. The molecule has 20 nitrogen and oxygen atoms in total. The summed E-state index contributed by atoms with van der Waals surface area (Å²) in [5, 5.41) is 21.2. The van der Waals surface area contributed by atoms with Gasteiger partial charge in [0.2, 0.25) is 47.3 Å². The van der Waals surface area contributed by atoms with E-state index in [0.29, 0.717) is 24.3 Å². The second-order valence-corrected chi connectivity index (χ2v) is 25.2. The SMILES string of the molecule is CC1SC[C@H]2NC(=O)[C@@H](C(C)C)NC(=O)C[C@@H](/C=C/CCSSCC/C=C/[C@@H]3CC(=O)N[C@H](C(C)C)C(=O)N[C@@H]4CSC(C)C(NC4=O)C(=O)N[C@@H](C(C)C)C(=O)O3)OC(=O)[C@H](C(C)C)NC(=O)C1NC2=O. The Bertz CT molecular complexity index is 1900. The van der Waals surface area contributed by atoms with Crippen molar-refractivity contribution in [2.75, 3.05) is 23.0 Å². The van der Waals surface area contributed by atoms with Crippen molar-refractivity contribution in [2.24, 2.45) is 23.7 Å². The van der Waals surface area contributed by atoms with Crippen LogP contribution in [-0.4, -0.2) is 153 Å². The number of thioether (sulfide) groups is 2. The summed E-state index contributed by atoms with van der Waals surface area (Å²) in [4.78, 5) is 135. The number of amides is 8. The largest absolute Gasteiger partial charge is 0.456 e. The highest BCUT2D eigenvalue weighted by atomic mass is 33.1. The standard InChI is InChI=1S/C48H74N8O12S4/c1-23(2)35-43(61)49-31-21-69-27(9)39(55-41(31)59)45(63)53-37(25(5)6)47(65)67-29(19-33(57)51-35)15-11-13-17-71-72-18-14-12-16-30-20-34(58)52-36(24(3)4)44(62)50-32-22-70-28(10)40(56-42(32)60)46(64)54-38(26(7)8)48(66)68-30/h11-12,15-16,23-32,35-40H,13-14,17-22H2,1-10H3,(H,49,61)(H,50,62)(H,51,57)(H,52,58)(H,53,63)(H,54,64)(H,55,59)(H,56,60)/b15-11+,16-12+/t27?,28?,29-,30-,31-,32-,35-,36-,37+,38+,39?,40?/m1/s1. The van der Waals surface area contributed by atoms with Crippen LogP contribution in [-0.2, 0) is 57.4 Å². The Hall–Kier alpha value is -4.42. The molecule has 4 bridgehead atoms. The van der Waals surface area contributed by atoms with Crippen molar-refractivity contribution >= 4 is 104 Å². The van der Waals surface area contributed by atoms with Crippen molar-refractivity contribution < 1.29 is 57.4 Å². The lowest BCUT2D eigenvalue weighted by Crippen LogP contribution is -2.59. The second kappa shape index (κ2) is 28.9. The third kappa shape index (κ3) is 18.2. The highest BCUT2D eigenvalue weighted by Gasteiger charge is 2.41. The maximum atomic E-state index is 13.7. The van der Waals surface area contributed by atoms with E-state index in [9.17, 15) is 47.9 Å². The van der Waals surface area contributed by atoms with E-state index >= 15 is 0 Å². The van der Waals surface area contributed by atoms with Crippen LogP contribution in [0.25, 0.3) is 0 Å². The predicted octanol–water partition coefficient (Wildman–Crippen LogP) is 1.66. The summed E-state index contributed by atoms with van der Waals surface area (Å²) in [6, 6.07) is -8.02. The average Bonchev–Trinajstić information content (AvgIpc) is 3.53. The fourth-order valence-electron chi connectivity index (χ4n) is 7.85. The Labute approximate surface area is 439 Å². The monoisotopic (exact) mass is 1080 g/mol. The van der Waals surface area contributed by atoms with Crippen LogP contribution < -0.4 is 42.5 Å². The first kappa shape index (κ1) is 60.1. The molecule has 4 aliphatic rings. The summed E-state index contributed by atoms with van der Waals surface area (Å²) < 4.78 is 11.7. The molecule has 72 heavy (non-hydrogen) atoms. The van der Waals surface area contributed by atoms with Crippen molar-refractivity contribution in [1.29, 1.82) is 0 Å². The van der Waals surface area contributed by atoms with Gasteiger partial charge in [-0.15, -0.1) is 0 Å². The lowest BCUT2D eigenvalue weighted by Gasteiger charge is -2.28. The van der Waals surface area contributed by atoms with E-state index in [1.165, 1.54) is 23.5 Å². The van der Waals surface area contributed by atoms with Crippen molar-refractivity contribution in [1.82, 2.24) is 42.5 Å². The van der Waals surface area contributed by atoms with Crippen molar-refractivity contribution in [3.8, 4) is 0 Å². The first-order valence-corrected chi connectivity index (χ1v) is 29.2. The first-order chi connectivity index (χ1) is 34.0. The smallest absolute Gasteiger partial charge is 0.329 e. The van der Waals surface area contributed by atoms with Gasteiger partial charge >= 0.3 is 11.9 Å². The fourth-order valence-corrected chi connectivity index (χ4v) is 12.1. The molecule has 4 fully saturated rings. The molecular formula is C48H74N8O12S4. The van der Waals surface area contributed by atoms with Crippen LogP contribution in [0.3, 0.4) is 0 Å². The summed E-state index contributed by atoms with van der Waals surface area (Å²) in [6.07, 6.45) is 5.22. The average molecular weight is 1080 g/mol. The molecule has 8 amide bonds. The maximum absolute atomic E-state index is 13.7. The van der Waals surface area contributed by atoms with Crippen LogP contribution in [0, 0.1) is 23.7 Å². The van der Waals surface area contributed by atoms with Gasteiger partial charge in [0.25, 0.3) is 0 Å². The van der Waals surface area contributed by atoms with Gasteiger partial charge in [-0.1, -0.05) is 103 Å². The molecule has 0 aromatic carbocycles. The lowest BCUT2D eigenvalue weighted by atomic mass is 10.0. The molecule has 4 saturated heterocycles. The molecule has 0 saturated carbocycles. The number of ether oxygens (including phenoxy) is 2. The number of nitrogens with one attached hydrogen (secondary N) is 8. The number of rotatable bonds is 13. The minimum atomic E-state index is -1.08. The van der Waals surface area contributed by atoms with E-state index in [4.69, 9.17) is 9.47 Å². The zero-order valence-corrected chi connectivity index (χ0v) is 46.0. The first-order valence-electron chi connectivity index (χ1n) is 24.6. The Balaban J connectivity index is 1.40. The molecular weight excluding hydrogens is 1010 g/mol. The van der Waals surface area contributed by atoms with Crippen LogP contribution in [0.1, 0.15) is 94.9 Å². The number of cyclic esters (lactones) is 2. The van der Waals surface area contributed by atoms with Gasteiger partial charge in [-0.25, -0.2) is 9.59 Å². The van der Waals surface area contributed by atoms with Gasteiger partial charge < -0.3 is 52.0 Å². The van der Waals surface area contributed by atoms with Gasteiger partial charge in [-0.05, 0) is 48.7 Å². The quantitative estimate of drug-likeness (QED) is 0.0564. The predicted molar refractivity (Wildman–Crippen MR) is 280 cm³/mol. The summed E-state index contributed by atoms with van der Waals surface area (Å²) in [6.45, 7) is 17.6. The number of fused-ring (bicyclic) bond motifs is 6. The normalized spacial score (nSPS) is 31.3. The maximum Gasteiger partial charge on any atom is 0.329 e. The van der Waals surface area contributed by atoms with Crippen LogP contribution >= 0.6 is 45.1 Å². The molecule has 0 radical (unpaired) electrons. The van der Waals surface area contributed by atoms with Crippen LogP contribution in [0.5, 0.6) is 0 Å². The van der Waals surface area contributed by atoms with E-state index < -0.39 is 132 Å². The summed E-state index contributed by atoms with van der Waals surface area (Å²) in [7, 11) is 3.14. The number of esters is 2. The zero-order valence-electron chi connectivity index (χ0n) is 42.7. The Morgan fingerprint density at radius 3 is 1.15 bits per heavy atom.